The van der Waals surface area contributed by atoms with E-state index in [0.717, 1.165) is 24.9 Å². The Labute approximate surface area is 160 Å². The number of methoxy groups -OCH3 is 1. The highest BCUT2D eigenvalue weighted by Gasteiger charge is 2.31. The van der Waals surface area contributed by atoms with E-state index in [1.54, 1.807) is 0 Å². The van der Waals surface area contributed by atoms with Crippen LogP contribution < -0.4 is 5.32 Å². The summed E-state index contributed by atoms with van der Waals surface area (Å²) in [7, 11) is 1.35. The van der Waals surface area contributed by atoms with Crippen molar-refractivity contribution in [1.29, 1.82) is 0 Å². The molecule has 1 aliphatic rings. The maximum absolute atomic E-state index is 12.6. The molecule has 27 heavy (non-hydrogen) atoms. The van der Waals surface area contributed by atoms with Crippen molar-refractivity contribution in [2.75, 3.05) is 13.7 Å². The minimum Gasteiger partial charge on any atom is -0.467 e. The first-order valence-corrected chi connectivity index (χ1v) is 9.35. The Morgan fingerprint density at radius 1 is 1.04 bits per heavy atom. The smallest absolute Gasteiger partial charge is 0.328 e. The summed E-state index contributed by atoms with van der Waals surface area (Å²) in [6, 6.07) is 19.5. The number of hydrogen-bond acceptors (Lipinski definition) is 4. The molecule has 1 amide bonds. The van der Waals surface area contributed by atoms with E-state index >= 15 is 0 Å². The molecule has 5 heteroatoms. The van der Waals surface area contributed by atoms with Crippen molar-refractivity contribution < 1.29 is 14.3 Å². The highest BCUT2D eigenvalue weighted by molar-refractivity contribution is 5.85. The molecule has 0 radical (unpaired) electrons. The van der Waals surface area contributed by atoms with Gasteiger partial charge in [-0.2, -0.15) is 0 Å². The summed E-state index contributed by atoms with van der Waals surface area (Å²) >= 11 is 0. The lowest BCUT2D eigenvalue weighted by atomic mass is 10.1. The van der Waals surface area contributed by atoms with Gasteiger partial charge in [-0.15, -0.1) is 0 Å². The van der Waals surface area contributed by atoms with Crippen LogP contribution in [0.25, 0.3) is 0 Å². The minimum atomic E-state index is -0.678. The lowest BCUT2D eigenvalue weighted by Gasteiger charge is -2.23. The zero-order chi connectivity index (χ0) is 19.1. The van der Waals surface area contributed by atoms with E-state index < -0.39 is 12.0 Å². The average Bonchev–Trinajstić information content (AvgIpc) is 3.53. The Hall–Kier alpha value is -2.66. The van der Waals surface area contributed by atoms with Crippen LogP contribution in [0.5, 0.6) is 0 Å². The molecule has 1 saturated carbocycles. The Balaban J connectivity index is 1.61. The first-order valence-electron chi connectivity index (χ1n) is 9.35. The molecule has 2 aromatic rings. The fraction of sp³-hybridized carbons (Fsp3) is 0.364. The van der Waals surface area contributed by atoms with Gasteiger partial charge in [0.15, 0.2) is 0 Å². The van der Waals surface area contributed by atoms with Gasteiger partial charge in [-0.3, -0.25) is 9.69 Å². The topological polar surface area (TPSA) is 58.6 Å². The van der Waals surface area contributed by atoms with Gasteiger partial charge in [-0.1, -0.05) is 60.7 Å². The molecule has 2 aromatic carbocycles. The van der Waals surface area contributed by atoms with E-state index in [2.05, 4.69) is 22.3 Å². The molecule has 0 bridgehead atoms. The van der Waals surface area contributed by atoms with Crippen molar-refractivity contribution in [3.8, 4) is 0 Å². The van der Waals surface area contributed by atoms with Crippen LogP contribution in [-0.4, -0.2) is 42.5 Å². The fourth-order valence-corrected chi connectivity index (χ4v) is 3.18. The number of carbonyl (C=O) groups is 2. The van der Waals surface area contributed by atoms with E-state index in [-0.39, 0.29) is 12.5 Å². The van der Waals surface area contributed by atoms with Crippen LogP contribution in [0.15, 0.2) is 60.7 Å². The lowest BCUT2D eigenvalue weighted by molar-refractivity contribution is -0.145. The summed E-state index contributed by atoms with van der Waals surface area (Å²) < 4.78 is 4.88. The Kier molecular flexibility index (Phi) is 6.60. The van der Waals surface area contributed by atoms with Crippen LogP contribution in [0.3, 0.4) is 0 Å². The number of esters is 1. The van der Waals surface area contributed by atoms with Crippen molar-refractivity contribution in [2.24, 2.45) is 0 Å². The zero-order valence-electron chi connectivity index (χ0n) is 15.6. The fourth-order valence-electron chi connectivity index (χ4n) is 3.18. The molecule has 0 spiro atoms. The third-order valence-corrected chi connectivity index (χ3v) is 4.74. The molecule has 0 aromatic heterocycles. The summed E-state index contributed by atoms with van der Waals surface area (Å²) in [4.78, 5) is 26.9. The summed E-state index contributed by atoms with van der Waals surface area (Å²) in [6.45, 7) is 1.02. The molecule has 1 N–H and O–H groups in total. The number of nitrogens with zero attached hydrogens (tertiary/aromatic N) is 1. The third-order valence-electron chi connectivity index (χ3n) is 4.74. The Bertz CT molecular complexity index is 745. The van der Waals surface area contributed by atoms with Crippen LogP contribution >= 0.6 is 0 Å². The molecule has 1 unspecified atom stereocenters. The molecule has 1 atom stereocenters. The van der Waals surface area contributed by atoms with Crippen LogP contribution in [0, 0.1) is 0 Å². The molecule has 5 nitrogen and oxygen atoms in total. The van der Waals surface area contributed by atoms with Gasteiger partial charge in [0.05, 0.1) is 13.7 Å². The summed E-state index contributed by atoms with van der Waals surface area (Å²) in [6.07, 6.45) is 2.65. The first kappa shape index (κ1) is 19.1. The average molecular weight is 366 g/mol. The zero-order valence-corrected chi connectivity index (χ0v) is 15.6. The number of benzene rings is 2. The van der Waals surface area contributed by atoms with Gasteiger partial charge in [0.1, 0.15) is 6.04 Å². The number of rotatable bonds is 9. The molecule has 1 fully saturated rings. The Morgan fingerprint density at radius 2 is 1.63 bits per heavy atom. The van der Waals surface area contributed by atoms with E-state index in [9.17, 15) is 9.59 Å². The molecular weight excluding hydrogens is 340 g/mol. The van der Waals surface area contributed by atoms with E-state index in [4.69, 9.17) is 4.74 Å². The number of ether oxygens (including phenoxy) is 1. The normalized spacial score (nSPS) is 14.6. The molecule has 0 heterocycles. The predicted molar refractivity (Wildman–Crippen MR) is 104 cm³/mol. The second kappa shape index (κ2) is 9.33. The summed E-state index contributed by atoms with van der Waals surface area (Å²) in [5.74, 6) is -0.572. The number of amides is 1. The molecule has 0 saturated heterocycles. The lowest BCUT2D eigenvalue weighted by Crippen LogP contribution is -2.47. The molecular formula is C22H26N2O3. The molecule has 142 valence electrons. The van der Waals surface area contributed by atoms with Gasteiger partial charge in [-0.05, 0) is 24.0 Å². The van der Waals surface area contributed by atoms with Crippen LogP contribution in [0.2, 0.25) is 0 Å². The van der Waals surface area contributed by atoms with Crippen LogP contribution in [0.1, 0.15) is 24.0 Å². The van der Waals surface area contributed by atoms with E-state index in [0.29, 0.717) is 12.5 Å². The largest absolute Gasteiger partial charge is 0.467 e. The van der Waals surface area contributed by atoms with Crippen molar-refractivity contribution in [3.63, 3.8) is 0 Å². The van der Waals surface area contributed by atoms with E-state index in [1.807, 2.05) is 48.5 Å². The second-order valence-corrected chi connectivity index (χ2v) is 6.95. The van der Waals surface area contributed by atoms with E-state index in [1.165, 1.54) is 12.7 Å². The Morgan fingerprint density at radius 3 is 2.19 bits per heavy atom. The maximum Gasteiger partial charge on any atom is 0.328 e. The van der Waals surface area contributed by atoms with Crippen molar-refractivity contribution in [2.45, 2.75) is 37.9 Å². The third kappa shape index (κ3) is 5.93. The number of nitrogens with one attached hydrogen (secondary N) is 1. The summed E-state index contributed by atoms with van der Waals surface area (Å²) in [5.41, 5.74) is 2.17. The van der Waals surface area contributed by atoms with Gasteiger partial charge in [0.2, 0.25) is 5.91 Å². The summed E-state index contributed by atoms with van der Waals surface area (Å²) in [5, 5.41) is 2.86. The maximum atomic E-state index is 12.6. The van der Waals surface area contributed by atoms with Gasteiger partial charge in [0.25, 0.3) is 0 Å². The van der Waals surface area contributed by atoms with Crippen molar-refractivity contribution >= 4 is 11.9 Å². The van der Waals surface area contributed by atoms with Gasteiger partial charge >= 0.3 is 5.97 Å². The number of carbonyl (C=O) groups excluding carboxylic acids is 2. The number of hydrogen-bond donors (Lipinski definition) is 1. The SMILES string of the molecule is COC(=O)C(Cc1ccccc1)NC(=O)CN(Cc1ccccc1)C1CC1. The van der Waals surface area contributed by atoms with Crippen molar-refractivity contribution in [3.05, 3.63) is 71.8 Å². The van der Waals surface area contributed by atoms with Gasteiger partial charge in [0, 0.05) is 19.0 Å². The monoisotopic (exact) mass is 366 g/mol. The first-order chi connectivity index (χ1) is 13.2. The van der Waals surface area contributed by atoms with Crippen LogP contribution in [0.4, 0.5) is 0 Å². The quantitative estimate of drug-likeness (QED) is 0.693. The van der Waals surface area contributed by atoms with Gasteiger partial charge in [-0.25, -0.2) is 4.79 Å². The molecule has 0 aliphatic heterocycles. The van der Waals surface area contributed by atoms with Crippen molar-refractivity contribution in [1.82, 2.24) is 10.2 Å². The highest BCUT2D eigenvalue weighted by Crippen LogP contribution is 2.28. The molecule has 1 aliphatic carbocycles. The highest BCUT2D eigenvalue weighted by atomic mass is 16.5. The van der Waals surface area contributed by atoms with Gasteiger partial charge < -0.3 is 10.1 Å². The molecule has 3 rings (SSSR count). The predicted octanol–water partition coefficient (Wildman–Crippen LogP) is 2.55. The minimum absolute atomic E-state index is 0.149. The standard InChI is InChI=1S/C22H26N2O3/c1-27-22(26)20(14-17-8-4-2-5-9-17)23-21(25)16-24(19-12-13-19)15-18-10-6-3-7-11-18/h2-11,19-20H,12-16H2,1H3,(H,23,25). The second-order valence-electron chi connectivity index (χ2n) is 6.95. The van der Waals surface area contributed by atoms with Crippen LogP contribution in [-0.2, 0) is 27.3 Å².